The second-order valence-electron chi connectivity index (χ2n) is 5.64. The number of nitrogens with zero attached hydrogens (tertiary/aromatic N) is 3. The third kappa shape index (κ3) is 3.37. The predicted molar refractivity (Wildman–Crippen MR) is 86.5 cm³/mol. The van der Waals surface area contributed by atoms with E-state index in [2.05, 4.69) is 9.88 Å². The molecule has 0 aromatic carbocycles. The molecular weight excluding hydrogens is 294 g/mol. The molecule has 0 bridgehead atoms. The summed E-state index contributed by atoms with van der Waals surface area (Å²) in [5.41, 5.74) is 1.63. The Labute approximate surface area is 135 Å². The van der Waals surface area contributed by atoms with E-state index >= 15 is 0 Å². The first kappa shape index (κ1) is 15.6. The summed E-state index contributed by atoms with van der Waals surface area (Å²) in [5.74, 6) is 1.53. The van der Waals surface area contributed by atoms with Crippen molar-refractivity contribution in [3.8, 4) is 0 Å². The minimum Gasteiger partial charge on any atom is -0.469 e. The molecule has 1 aliphatic heterocycles. The highest BCUT2D eigenvalue weighted by Crippen LogP contribution is 2.21. The Bertz CT molecular complexity index is 677. The first-order chi connectivity index (χ1) is 11.2. The molecular formula is C17H21N3O3. The summed E-state index contributed by atoms with van der Waals surface area (Å²) < 4.78 is 10.7. The summed E-state index contributed by atoms with van der Waals surface area (Å²) in [5, 5.41) is 0. The minimum atomic E-state index is -0.0415. The fourth-order valence-corrected chi connectivity index (χ4v) is 2.70. The van der Waals surface area contributed by atoms with Crippen LogP contribution in [0.25, 0.3) is 0 Å². The highest BCUT2D eigenvalue weighted by molar-refractivity contribution is 5.98. The summed E-state index contributed by atoms with van der Waals surface area (Å²) in [6.45, 7) is 5.24. The van der Waals surface area contributed by atoms with Crippen LogP contribution in [-0.2, 0) is 11.3 Å². The van der Waals surface area contributed by atoms with Crippen LogP contribution in [0, 0.1) is 6.92 Å². The molecule has 3 rings (SSSR count). The van der Waals surface area contributed by atoms with Crippen LogP contribution in [0.3, 0.4) is 0 Å². The van der Waals surface area contributed by atoms with E-state index in [1.165, 1.54) is 0 Å². The molecule has 0 atom stereocenters. The SMILES string of the molecule is Cc1occc1CN(C)C(=O)c1cccnc1N1CCOCC1. The smallest absolute Gasteiger partial charge is 0.257 e. The number of aromatic nitrogens is 1. The van der Waals surface area contributed by atoms with E-state index in [0.29, 0.717) is 25.3 Å². The number of hydrogen-bond donors (Lipinski definition) is 0. The lowest BCUT2D eigenvalue weighted by atomic mass is 10.2. The molecule has 2 aromatic heterocycles. The van der Waals surface area contributed by atoms with Gasteiger partial charge in [0, 0.05) is 38.4 Å². The molecule has 0 spiro atoms. The maximum absolute atomic E-state index is 12.8. The number of rotatable bonds is 4. The highest BCUT2D eigenvalue weighted by atomic mass is 16.5. The lowest BCUT2D eigenvalue weighted by Gasteiger charge is -2.29. The first-order valence-electron chi connectivity index (χ1n) is 7.73. The van der Waals surface area contributed by atoms with Crippen LogP contribution in [0.5, 0.6) is 0 Å². The molecule has 2 aromatic rings. The van der Waals surface area contributed by atoms with Gasteiger partial charge in [0.2, 0.25) is 0 Å². The van der Waals surface area contributed by atoms with Gasteiger partial charge in [0.05, 0.1) is 25.0 Å². The summed E-state index contributed by atoms with van der Waals surface area (Å²) in [6, 6.07) is 5.53. The number of carbonyl (C=O) groups is 1. The van der Waals surface area contributed by atoms with Crippen molar-refractivity contribution >= 4 is 11.7 Å². The van der Waals surface area contributed by atoms with Crippen molar-refractivity contribution in [3.05, 3.63) is 47.5 Å². The van der Waals surface area contributed by atoms with Gasteiger partial charge in [-0.2, -0.15) is 0 Å². The fraction of sp³-hybridized carbons (Fsp3) is 0.412. The predicted octanol–water partition coefficient (Wildman–Crippen LogP) is 2.09. The van der Waals surface area contributed by atoms with Crippen LogP contribution in [0.4, 0.5) is 5.82 Å². The standard InChI is InChI=1S/C17H21N3O3/c1-13-14(5-9-23-13)12-19(2)17(21)15-4-3-6-18-16(15)20-7-10-22-11-8-20/h3-6,9H,7-8,10-12H2,1-2H3. The van der Waals surface area contributed by atoms with Crippen molar-refractivity contribution in [2.45, 2.75) is 13.5 Å². The molecule has 0 unspecified atom stereocenters. The van der Waals surface area contributed by atoms with Gasteiger partial charge >= 0.3 is 0 Å². The molecule has 3 heterocycles. The molecule has 23 heavy (non-hydrogen) atoms. The van der Waals surface area contributed by atoms with Crippen LogP contribution >= 0.6 is 0 Å². The maximum Gasteiger partial charge on any atom is 0.257 e. The van der Waals surface area contributed by atoms with Crippen molar-refractivity contribution in [1.82, 2.24) is 9.88 Å². The normalized spacial score (nSPS) is 14.8. The number of pyridine rings is 1. The van der Waals surface area contributed by atoms with Gasteiger partial charge in [0.25, 0.3) is 5.91 Å². The lowest BCUT2D eigenvalue weighted by Crippen LogP contribution is -2.38. The molecule has 6 heteroatoms. The number of hydrogen-bond acceptors (Lipinski definition) is 5. The van der Waals surface area contributed by atoms with Gasteiger partial charge < -0.3 is 19.0 Å². The maximum atomic E-state index is 12.8. The molecule has 0 radical (unpaired) electrons. The van der Waals surface area contributed by atoms with Crippen LogP contribution in [-0.4, -0.2) is 49.1 Å². The van der Waals surface area contributed by atoms with Crippen molar-refractivity contribution in [2.75, 3.05) is 38.3 Å². The monoisotopic (exact) mass is 315 g/mol. The van der Waals surface area contributed by atoms with E-state index in [0.717, 1.165) is 30.2 Å². The van der Waals surface area contributed by atoms with Crippen LogP contribution < -0.4 is 4.90 Å². The lowest BCUT2D eigenvalue weighted by molar-refractivity contribution is 0.0783. The third-order valence-corrected chi connectivity index (χ3v) is 4.05. The summed E-state index contributed by atoms with van der Waals surface area (Å²) in [4.78, 5) is 21.1. The summed E-state index contributed by atoms with van der Waals surface area (Å²) in [6.07, 6.45) is 3.37. The number of aryl methyl sites for hydroxylation is 1. The first-order valence-corrected chi connectivity index (χ1v) is 7.73. The Morgan fingerprint density at radius 2 is 2.13 bits per heavy atom. The second kappa shape index (κ2) is 6.83. The number of anilines is 1. The Balaban J connectivity index is 1.80. The zero-order chi connectivity index (χ0) is 16.2. The van der Waals surface area contributed by atoms with Crippen LogP contribution in [0.2, 0.25) is 0 Å². The van der Waals surface area contributed by atoms with Gasteiger partial charge in [0.15, 0.2) is 0 Å². The van der Waals surface area contributed by atoms with E-state index in [-0.39, 0.29) is 5.91 Å². The molecule has 1 aliphatic rings. The number of furan rings is 1. The van der Waals surface area contributed by atoms with Gasteiger partial charge in [-0.3, -0.25) is 4.79 Å². The zero-order valence-electron chi connectivity index (χ0n) is 13.5. The van der Waals surface area contributed by atoms with Gasteiger partial charge in [0.1, 0.15) is 11.6 Å². The van der Waals surface area contributed by atoms with Crippen molar-refractivity contribution in [1.29, 1.82) is 0 Å². The molecule has 1 saturated heterocycles. The highest BCUT2D eigenvalue weighted by Gasteiger charge is 2.22. The summed E-state index contributed by atoms with van der Waals surface area (Å²) in [7, 11) is 1.80. The van der Waals surface area contributed by atoms with Crippen molar-refractivity contribution < 1.29 is 13.9 Å². The topological polar surface area (TPSA) is 58.8 Å². The van der Waals surface area contributed by atoms with Crippen molar-refractivity contribution in [3.63, 3.8) is 0 Å². The average molecular weight is 315 g/mol. The van der Waals surface area contributed by atoms with Gasteiger partial charge in [-0.25, -0.2) is 4.98 Å². The molecule has 0 aliphatic carbocycles. The molecule has 122 valence electrons. The Morgan fingerprint density at radius 3 is 2.83 bits per heavy atom. The fourth-order valence-electron chi connectivity index (χ4n) is 2.70. The number of carbonyl (C=O) groups excluding carboxylic acids is 1. The van der Waals surface area contributed by atoms with Gasteiger partial charge in [-0.05, 0) is 25.1 Å². The van der Waals surface area contributed by atoms with E-state index < -0.39 is 0 Å². The quantitative estimate of drug-likeness (QED) is 0.864. The summed E-state index contributed by atoms with van der Waals surface area (Å²) >= 11 is 0. The molecule has 0 saturated carbocycles. The molecule has 1 amide bonds. The van der Waals surface area contributed by atoms with Crippen molar-refractivity contribution in [2.24, 2.45) is 0 Å². The van der Waals surface area contributed by atoms with E-state index in [4.69, 9.17) is 9.15 Å². The Morgan fingerprint density at radius 1 is 1.35 bits per heavy atom. The molecule has 0 N–H and O–H groups in total. The minimum absolute atomic E-state index is 0.0415. The van der Waals surface area contributed by atoms with E-state index in [1.807, 2.05) is 19.1 Å². The molecule has 6 nitrogen and oxygen atoms in total. The Kier molecular flexibility index (Phi) is 4.62. The second-order valence-corrected chi connectivity index (χ2v) is 5.64. The number of morpholine rings is 1. The van der Waals surface area contributed by atoms with Crippen LogP contribution in [0.1, 0.15) is 21.7 Å². The zero-order valence-corrected chi connectivity index (χ0v) is 13.5. The van der Waals surface area contributed by atoms with Crippen LogP contribution in [0.15, 0.2) is 35.1 Å². The Hall–Kier alpha value is -2.34. The third-order valence-electron chi connectivity index (χ3n) is 4.05. The van der Waals surface area contributed by atoms with Gasteiger partial charge in [-0.1, -0.05) is 0 Å². The average Bonchev–Trinajstić information content (AvgIpc) is 3.00. The number of amides is 1. The van der Waals surface area contributed by atoms with E-state index in [9.17, 15) is 4.79 Å². The largest absolute Gasteiger partial charge is 0.469 e. The number of ether oxygens (including phenoxy) is 1. The van der Waals surface area contributed by atoms with Gasteiger partial charge in [-0.15, -0.1) is 0 Å². The van der Waals surface area contributed by atoms with E-state index in [1.54, 1.807) is 30.5 Å². The molecule has 1 fully saturated rings.